The molecule has 3 aliphatic rings. The summed E-state index contributed by atoms with van der Waals surface area (Å²) in [6.45, 7) is 9.43. The third-order valence-electron chi connectivity index (χ3n) is 10.1. The predicted octanol–water partition coefficient (Wildman–Crippen LogP) is 5.34. The highest BCUT2D eigenvalue weighted by Gasteiger charge is 2.58. The number of esters is 2. The van der Waals surface area contributed by atoms with Crippen molar-refractivity contribution in [3.05, 3.63) is 65.0 Å². The molecule has 0 aliphatic carbocycles. The first-order chi connectivity index (χ1) is 26.9. The minimum absolute atomic E-state index is 0.00542. The summed E-state index contributed by atoms with van der Waals surface area (Å²) in [5.74, 6) is -15.0. The highest BCUT2D eigenvalue weighted by atomic mass is 19.2. The van der Waals surface area contributed by atoms with E-state index < -0.39 is 76.8 Å². The number of halogens is 5. The second kappa shape index (κ2) is 20.5. The summed E-state index contributed by atoms with van der Waals surface area (Å²) in [6, 6.07) is -0.189. The standard InChI is InChI=1S/C40H51F5N2O10/c1-21(10-13-28-22(2)17-27(24(4)55-28)47-30(49)15-12-23(3)54-25(5)48)11-14-29-39(52)40(20-53-40)19-26(56-29)18-31(50)46-16-8-6-7-9-32(51)57-38-36(44)34(42)33(41)35(43)37(38)45/h10-12,14-15,22-24,26-29,39,52H,6-9,13,16-20H2,1-5H3,(H,46,50)(H,47,49)/b14-11+,15-12-,21-10+/t22-,23-,24+,26+,27+,28-,29+,39+,40+/m0/s1. The number of amides is 2. The van der Waals surface area contributed by atoms with Gasteiger partial charge in [0.2, 0.25) is 46.6 Å². The van der Waals surface area contributed by atoms with Crippen molar-refractivity contribution in [2.24, 2.45) is 5.92 Å². The van der Waals surface area contributed by atoms with E-state index >= 15 is 0 Å². The number of unbranched alkanes of at least 4 members (excludes halogenated alkanes) is 2. The van der Waals surface area contributed by atoms with Crippen molar-refractivity contribution in [1.29, 1.82) is 0 Å². The van der Waals surface area contributed by atoms with Gasteiger partial charge in [-0.25, -0.2) is 13.2 Å². The number of epoxide rings is 1. The van der Waals surface area contributed by atoms with E-state index in [0.29, 0.717) is 38.7 Å². The van der Waals surface area contributed by atoms with Crippen molar-refractivity contribution in [2.45, 2.75) is 134 Å². The number of aliphatic hydroxyl groups is 1. The van der Waals surface area contributed by atoms with E-state index in [4.69, 9.17) is 18.9 Å². The predicted molar refractivity (Wildman–Crippen MR) is 194 cm³/mol. The van der Waals surface area contributed by atoms with Crippen molar-refractivity contribution in [1.82, 2.24) is 10.6 Å². The molecule has 3 N–H and O–H groups in total. The normalized spacial score (nSPS) is 28.1. The second-order valence-electron chi connectivity index (χ2n) is 14.9. The van der Waals surface area contributed by atoms with E-state index in [1.165, 1.54) is 19.1 Å². The van der Waals surface area contributed by atoms with Gasteiger partial charge in [0.25, 0.3) is 0 Å². The van der Waals surface area contributed by atoms with E-state index in [-0.39, 0.29) is 61.8 Å². The molecule has 0 aromatic heterocycles. The molecule has 57 heavy (non-hydrogen) atoms. The molecule has 3 fully saturated rings. The maximum absolute atomic E-state index is 13.7. The van der Waals surface area contributed by atoms with Gasteiger partial charge in [-0.3, -0.25) is 19.2 Å². The van der Waals surface area contributed by atoms with Crippen LogP contribution in [0.5, 0.6) is 5.75 Å². The number of carbonyl (C=O) groups is 4. The highest BCUT2D eigenvalue weighted by Crippen LogP contribution is 2.43. The number of benzene rings is 1. The summed E-state index contributed by atoms with van der Waals surface area (Å²) >= 11 is 0. The molecule has 1 aromatic rings. The van der Waals surface area contributed by atoms with Crippen molar-refractivity contribution < 1.29 is 69.9 Å². The molecule has 1 aromatic carbocycles. The SMILES string of the molecule is CC(=O)O[C@@H](C)/C=C\C(=O)N[C@@H]1C[C@H](C)[C@H](C/C=C(C)/C=C/[C@H]2O[C@H](CC(=O)NCCCCCC(=O)Oc3c(F)c(F)c(F)c(F)c3F)C[C@@]3(CO3)[C@@H]2O)O[C@@H]1C. The highest BCUT2D eigenvalue weighted by molar-refractivity contribution is 5.87. The van der Waals surface area contributed by atoms with E-state index in [0.717, 1.165) is 5.57 Å². The lowest BCUT2D eigenvalue weighted by Crippen LogP contribution is -2.50. The van der Waals surface area contributed by atoms with Crippen LogP contribution in [0.15, 0.2) is 36.0 Å². The zero-order valence-corrected chi connectivity index (χ0v) is 32.6. The lowest BCUT2D eigenvalue weighted by Gasteiger charge is -2.39. The van der Waals surface area contributed by atoms with Crippen molar-refractivity contribution in [2.75, 3.05) is 13.2 Å². The fourth-order valence-corrected chi connectivity index (χ4v) is 6.80. The Labute approximate surface area is 328 Å². The Kier molecular flexibility index (Phi) is 16.4. The third kappa shape index (κ3) is 12.9. The maximum Gasteiger partial charge on any atom is 0.311 e. The van der Waals surface area contributed by atoms with Crippen LogP contribution in [0.4, 0.5) is 22.0 Å². The Morgan fingerprint density at radius 1 is 0.965 bits per heavy atom. The molecule has 0 saturated carbocycles. The average Bonchev–Trinajstić information content (AvgIpc) is 3.93. The number of hydrogen-bond donors (Lipinski definition) is 3. The Morgan fingerprint density at radius 3 is 2.28 bits per heavy atom. The molecule has 3 heterocycles. The van der Waals surface area contributed by atoms with Gasteiger partial charge in [-0.15, -0.1) is 0 Å². The largest absolute Gasteiger partial charge is 0.459 e. The fraction of sp³-hybridized carbons (Fsp3) is 0.600. The first-order valence-corrected chi connectivity index (χ1v) is 19.0. The number of rotatable bonds is 17. The van der Waals surface area contributed by atoms with Crippen LogP contribution in [0.2, 0.25) is 0 Å². The molecule has 12 nitrogen and oxygen atoms in total. The molecule has 3 saturated heterocycles. The van der Waals surface area contributed by atoms with E-state index in [2.05, 4.69) is 22.3 Å². The van der Waals surface area contributed by atoms with Crippen molar-refractivity contribution in [3.63, 3.8) is 0 Å². The van der Waals surface area contributed by atoms with E-state index in [1.807, 2.05) is 26.0 Å². The lowest BCUT2D eigenvalue weighted by molar-refractivity contribution is -0.145. The first kappa shape index (κ1) is 45.5. The van der Waals surface area contributed by atoms with Crippen LogP contribution in [-0.2, 0) is 38.1 Å². The van der Waals surface area contributed by atoms with Crippen LogP contribution in [0, 0.1) is 35.0 Å². The van der Waals surface area contributed by atoms with Crippen LogP contribution in [0.1, 0.15) is 86.0 Å². The van der Waals surface area contributed by atoms with Crippen molar-refractivity contribution in [3.8, 4) is 5.75 Å². The molecule has 0 radical (unpaired) electrons. The van der Waals surface area contributed by atoms with Gasteiger partial charge in [0.15, 0.2) is 0 Å². The molecule has 0 unspecified atom stereocenters. The van der Waals surface area contributed by atoms with Gasteiger partial charge >= 0.3 is 11.9 Å². The average molecular weight is 815 g/mol. The Morgan fingerprint density at radius 2 is 1.63 bits per heavy atom. The lowest BCUT2D eigenvalue weighted by atomic mass is 9.87. The monoisotopic (exact) mass is 814 g/mol. The first-order valence-electron chi connectivity index (χ1n) is 19.0. The second-order valence-corrected chi connectivity index (χ2v) is 14.9. The number of ether oxygens (including phenoxy) is 5. The fourth-order valence-electron chi connectivity index (χ4n) is 6.80. The van der Waals surface area contributed by atoms with Crippen LogP contribution >= 0.6 is 0 Å². The van der Waals surface area contributed by atoms with Crippen LogP contribution in [0.3, 0.4) is 0 Å². The molecule has 17 heteroatoms. The summed E-state index contributed by atoms with van der Waals surface area (Å²) < 4.78 is 94.7. The number of aliphatic hydroxyl groups excluding tert-OH is 1. The van der Waals surface area contributed by atoms with Gasteiger partial charge in [-0.2, -0.15) is 8.78 Å². The Balaban J connectivity index is 1.17. The summed E-state index contributed by atoms with van der Waals surface area (Å²) in [5, 5.41) is 16.7. The third-order valence-corrected chi connectivity index (χ3v) is 10.1. The molecule has 316 valence electrons. The Hall–Kier alpha value is -4.19. The summed E-state index contributed by atoms with van der Waals surface area (Å²) in [7, 11) is 0. The molecule has 1 spiro atoms. The molecule has 3 aliphatic heterocycles. The minimum Gasteiger partial charge on any atom is -0.459 e. The van der Waals surface area contributed by atoms with Gasteiger partial charge in [0.05, 0.1) is 37.4 Å². The van der Waals surface area contributed by atoms with Crippen LogP contribution in [-0.4, -0.2) is 90.3 Å². The zero-order chi connectivity index (χ0) is 42.0. The number of allylic oxidation sites excluding steroid dienone is 2. The van der Waals surface area contributed by atoms with Crippen LogP contribution < -0.4 is 15.4 Å². The molecular weight excluding hydrogens is 763 g/mol. The summed E-state index contributed by atoms with van der Waals surface area (Å²) in [4.78, 5) is 48.2. The molecule has 0 bridgehead atoms. The van der Waals surface area contributed by atoms with Gasteiger partial charge in [0.1, 0.15) is 23.9 Å². The van der Waals surface area contributed by atoms with Gasteiger partial charge < -0.3 is 39.4 Å². The smallest absolute Gasteiger partial charge is 0.311 e. The van der Waals surface area contributed by atoms with Gasteiger partial charge in [-0.05, 0) is 58.4 Å². The van der Waals surface area contributed by atoms with Crippen molar-refractivity contribution >= 4 is 23.8 Å². The van der Waals surface area contributed by atoms with Gasteiger partial charge in [0, 0.05) is 32.4 Å². The summed E-state index contributed by atoms with van der Waals surface area (Å²) in [5.41, 5.74) is 0.110. The topological polar surface area (TPSA) is 162 Å². The quantitative estimate of drug-likeness (QED) is 0.0216. The number of nitrogens with one attached hydrogen (secondary N) is 2. The minimum atomic E-state index is -2.36. The van der Waals surface area contributed by atoms with Gasteiger partial charge in [-0.1, -0.05) is 37.1 Å². The Bertz CT molecular complexity index is 1690. The zero-order valence-electron chi connectivity index (χ0n) is 32.6. The summed E-state index contributed by atoms with van der Waals surface area (Å²) in [6.07, 6.45) is 7.73. The van der Waals surface area contributed by atoms with E-state index in [1.54, 1.807) is 13.0 Å². The molecular formula is C40H51F5N2O10. The molecule has 2 amide bonds. The maximum atomic E-state index is 13.7. The number of hydrogen-bond acceptors (Lipinski definition) is 10. The number of carbonyl (C=O) groups excluding carboxylic acids is 4. The van der Waals surface area contributed by atoms with Crippen LogP contribution in [0.25, 0.3) is 0 Å². The van der Waals surface area contributed by atoms with E-state index in [9.17, 15) is 46.2 Å². The molecule has 4 rings (SSSR count). The molecule has 9 atom stereocenters.